The number of halogens is 1. The molecule has 2 atom stereocenters. The van der Waals surface area contributed by atoms with Crippen molar-refractivity contribution in [2.45, 2.75) is 37.8 Å². The summed E-state index contributed by atoms with van der Waals surface area (Å²) < 4.78 is 12.8. The van der Waals surface area contributed by atoms with Crippen LogP contribution >= 0.6 is 0 Å². The molecule has 2 amide bonds. The molecule has 1 aromatic carbocycles. The van der Waals surface area contributed by atoms with Crippen molar-refractivity contribution in [3.05, 3.63) is 35.6 Å². The Labute approximate surface area is 158 Å². The molecule has 10 nitrogen and oxygen atoms in total. The molecule has 0 fully saturated rings. The minimum atomic E-state index is -1.62. The molecule has 0 aliphatic carbocycles. The van der Waals surface area contributed by atoms with Crippen LogP contribution in [0.15, 0.2) is 24.3 Å². The van der Waals surface area contributed by atoms with Crippen molar-refractivity contribution >= 4 is 29.7 Å². The van der Waals surface area contributed by atoms with E-state index in [0.717, 1.165) is 12.1 Å². The monoisotopic (exact) mass is 398 g/mol. The summed E-state index contributed by atoms with van der Waals surface area (Å²) in [5.74, 6) is -6.45. The Hall–Kier alpha value is -3.50. The fraction of sp³-hybridized carbons (Fsp3) is 0.353. The summed E-state index contributed by atoms with van der Waals surface area (Å²) in [6.07, 6.45) is -1.89. The summed E-state index contributed by atoms with van der Waals surface area (Å²) >= 11 is 0. The second-order valence-electron chi connectivity index (χ2n) is 5.86. The minimum absolute atomic E-state index is 0.248. The largest absolute Gasteiger partial charge is 0.481 e. The molecule has 28 heavy (non-hydrogen) atoms. The van der Waals surface area contributed by atoms with E-state index >= 15 is 0 Å². The summed E-state index contributed by atoms with van der Waals surface area (Å²) in [5.41, 5.74) is 0.423. The first-order valence-electron chi connectivity index (χ1n) is 8.09. The van der Waals surface area contributed by atoms with Gasteiger partial charge in [-0.2, -0.15) is 0 Å². The third kappa shape index (κ3) is 8.25. The smallest absolute Gasteiger partial charge is 0.326 e. The average Bonchev–Trinajstić information content (AvgIpc) is 2.59. The average molecular weight is 398 g/mol. The molecule has 0 heterocycles. The van der Waals surface area contributed by atoms with Gasteiger partial charge in [0.15, 0.2) is 0 Å². The van der Waals surface area contributed by atoms with E-state index in [1.54, 1.807) is 0 Å². The Bertz CT molecular complexity index is 750. The van der Waals surface area contributed by atoms with Crippen LogP contribution < -0.4 is 10.6 Å². The van der Waals surface area contributed by atoms with Crippen LogP contribution in [0.1, 0.15) is 24.8 Å². The first-order chi connectivity index (χ1) is 13.1. The lowest BCUT2D eigenvalue weighted by molar-refractivity contribution is -0.145. The van der Waals surface area contributed by atoms with E-state index in [2.05, 4.69) is 5.32 Å². The number of carboxylic acids is 3. The lowest BCUT2D eigenvalue weighted by atomic mass is 10.1. The Morgan fingerprint density at radius 3 is 1.89 bits per heavy atom. The summed E-state index contributed by atoms with van der Waals surface area (Å²) in [6, 6.07) is 1.82. The van der Waals surface area contributed by atoms with E-state index in [9.17, 15) is 28.4 Å². The molecule has 152 valence electrons. The van der Waals surface area contributed by atoms with Crippen LogP contribution in [-0.2, 0) is 30.4 Å². The maximum atomic E-state index is 12.8. The number of carbonyl (C=O) groups excluding carboxylic acids is 2. The number of amides is 2. The van der Waals surface area contributed by atoms with E-state index in [-0.39, 0.29) is 12.8 Å². The standard InChI is InChI=1S/C17H19FN2O8/c18-10-3-1-9(2-4-10)7-13(21)20-12(17(27)28)8-14(22)19-11(16(25)26)5-6-15(23)24/h1-4,11-12H,5-8H2,(H,19,22)(H,20,21)(H,23,24)(H,25,26)(H,27,28)/t11-,12+/m0/s1. The van der Waals surface area contributed by atoms with Crippen LogP contribution in [0, 0.1) is 5.82 Å². The van der Waals surface area contributed by atoms with Crippen molar-refractivity contribution < 1.29 is 43.7 Å². The van der Waals surface area contributed by atoms with Gasteiger partial charge in [0.1, 0.15) is 17.9 Å². The number of hydrogen-bond donors (Lipinski definition) is 5. The molecule has 0 aliphatic heterocycles. The topological polar surface area (TPSA) is 170 Å². The van der Waals surface area contributed by atoms with Crippen LogP contribution in [-0.4, -0.2) is 57.1 Å². The predicted octanol–water partition coefficient (Wildman–Crippen LogP) is -0.238. The van der Waals surface area contributed by atoms with Crippen LogP contribution in [0.3, 0.4) is 0 Å². The highest BCUT2D eigenvalue weighted by molar-refractivity contribution is 5.90. The number of carboxylic acid groups (broad SMARTS) is 3. The van der Waals surface area contributed by atoms with Crippen LogP contribution in [0.25, 0.3) is 0 Å². The molecule has 0 radical (unpaired) electrons. The second kappa shape index (κ2) is 10.6. The highest BCUT2D eigenvalue weighted by atomic mass is 19.1. The zero-order valence-electron chi connectivity index (χ0n) is 14.6. The van der Waals surface area contributed by atoms with E-state index in [0.29, 0.717) is 5.56 Å². The van der Waals surface area contributed by atoms with Crippen molar-refractivity contribution in [1.82, 2.24) is 10.6 Å². The summed E-state index contributed by atoms with van der Waals surface area (Å²) in [6.45, 7) is 0. The second-order valence-corrected chi connectivity index (χ2v) is 5.86. The molecule has 0 aromatic heterocycles. The number of carbonyl (C=O) groups is 5. The van der Waals surface area contributed by atoms with Gasteiger partial charge in [0.05, 0.1) is 12.8 Å². The maximum absolute atomic E-state index is 12.8. The highest BCUT2D eigenvalue weighted by Gasteiger charge is 2.26. The number of benzene rings is 1. The number of hydrogen-bond acceptors (Lipinski definition) is 5. The fourth-order valence-electron chi connectivity index (χ4n) is 2.20. The van der Waals surface area contributed by atoms with Crippen LogP contribution in [0.2, 0.25) is 0 Å². The molecular formula is C17H19FN2O8. The lowest BCUT2D eigenvalue weighted by Gasteiger charge is -2.17. The molecule has 0 bridgehead atoms. The van der Waals surface area contributed by atoms with E-state index in [4.69, 9.17) is 15.3 Å². The Morgan fingerprint density at radius 1 is 0.857 bits per heavy atom. The van der Waals surface area contributed by atoms with Gasteiger partial charge in [0.25, 0.3) is 0 Å². The Morgan fingerprint density at radius 2 is 1.39 bits per heavy atom. The minimum Gasteiger partial charge on any atom is -0.481 e. The summed E-state index contributed by atoms with van der Waals surface area (Å²) in [4.78, 5) is 56.7. The van der Waals surface area contributed by atoms with Gasteiger partial charge in [-0.05, 0) is 24.1 Å². The first-order valence-corrected chi connectivity index (χ1v) is 8.09. The van der Waals surface area contributed by atoms with Gasteiger partial charge in [-0.1, -0.05) is 12.1 Å². The lowest BCUT2D eigenvalue weighted by Crippen LogP contribution is -2.47. The Kier molecular flexibility index (Phi) is 8.53. The van der Waals surface area contributed by atoms with Gasteiger partial charge in [-0.25, -0.2) is 14.0 Å². The molecule has 0 spiro atoms. The Balaban J connectivity index is 2.64. The normalized spacial score (nSPS) is 12.5. The predicted molar refractivity (Wildman–Crippen MR) is 90.7 cm³/mol. The zero-order valence-corrected chi connectivity index (χ0v) is 14.6. The molecular weight excluding hydrogens is 379 g/mol. The van der Waals surface area contributed by atoms with Crippen molar-refractivity contribution in [3.63, 3.8) is 0 Å². The quantitative estimate of drug-likeness (QED) is 0.340. The fourth-order valence-corrected chi connectivity index (χ4v) is 2.20. The van der Waals surface area contributed by atoms with Gasteiger partial charge >= 0.3 is 17.9 Å². The van der Waals surface area contributed by atoms with E-state index < -0.39 is 60.5 Å². The number of aliphatic carboxylic acids is 3. The molecule has 0 unspecified atom stereocenters. The van der Waals surface area contributed by atoms with Crippen molar-refractivity contribution in [2.24, 2.45) is 0 Å². The third-order valence-corrected chi connectivity index (χ3v) is 3.58. The third-order valence-electron chi connectivity index (χ3n) is 3.58. The molecule has 0 saturated carbocycles. The van der Waals surface area contributed by atoms with Crippen molar-refractivity contribution in [2.75, 3.05) is 0 Å². The molecule has 1 rings (SSSR count). The molecule has 0 aliphatic rings. The number of nitrogens with one attached hydrogen (secondary N) is 2. The molecule has 5 N–H and O–H groups in total. The SMILES string of the molecule is O=C(O)CC[C@H](NC(=O)C[C@@H](NC(=O)Cc1ccc(F)cc1)C(=O)O)C(=O)O. The summed E-state index contributed by atoms with van der Waals surface area (Å²) in [7, 11) is 0. The van der Waals surface area contributed by atoms with Crippen LogP contribution in [0.5, 0.6) is 0 Å². The molecule has 0 saturated heterocycles. The van der Waals surface area contributed by atoms with Crippen LogP contribution in [0.4, 0.5) is 4.39 Å². The van der Waals surface area contributed by atoms with Crippen molar-refractivity contribution in [1.29, 1.82) is 0 Å². The van der Waals surface area contributed by atoms with E-state index in [1.165, 1.54) is 12.1 Å². The zero-order chi connectivity index (χ0) is 21.3. The van der Waals surface area contributed by atoms with Gasteiger partial charge < -0.3 is 26.0 Å². The van der Waals surface area contributed by atoms with Gasteiger partial charge in [0.2, 0.25) is 11.8 Å². The summed E-state index contributed by atoms with van der Waals surface area (Å²) in [5, 5.41) is 30.9. The first kappa shape index (κ1) is 22.5. The van der Waals surface area contributed by atoms with Gasteiger partial charge in [-0.3, -0.25) is 14.4 Å². The van der Waals surface area contributed by atoms with Gasteiger partial charge in [0, 0.05) is 6.42 Å². The maximum Gasteiger partial charge on any atom is 0.326 e. The molecule has 1 aromatic rings. The molecule has 11 heteroatoms. The van der Waals surface area contributed by atoms with Crippen molar-refractivity contribution in [3.8, 4) is 0 Å². The van der Waals surface area contributed by atoms with Gasteiger partial charge in [-0.15, -0.1) is 0 Å². The van der Waals surface area contributed by atoms with E-state index in [1.807, 2.05) is 5.32 Å². The number of rotatable bonds is 11. The highest BCUT2D eigenvalue weighted by Crippen LogP contribution is 2.05.